The zero-order valence-corrected chi connectivity index (χ0v) is 12.2. The van der Waals surface area contributed by atoms with Gasteiger partial charge in [-0.3, -0.25) is 15.6 Å². The zero-order valence-electron chi connectivity index (χ0n) is 11.3. The Kier molecular flexibility index (Phi) is 4.66. The van der Waals surface area contributed by atoms with Crippen LogP contribution in [0.1, 0.15) is 28.9 Å². The molecule has 3 N–H and O–H groups in total. The van der Waals surface area contributed by atoms with Crippen molar-refractivity contribution in [1.29, 1.82) is 0 Å². The van der Waals surface area contributed by atoms with E-state index in [4.69, 9.17) is 5.84 Å². The van der Waals surface area contributed by atoms with Gasteiger partial charge in [-0.05, 0) is 32.1 Å². The molecule has 104 valence electrons. The van der Waals surface area contributed by atoms with Crippen molar-refractivity contribution in [3.8, 4) is 0 Å². The lowest BCUT2D eigenvalue weighted by Gasteiger charge is -2.31. The Morgan fingerprint density at radius 3 is 2.79 bits per heavy atom. The van der Waals surface area contributed by atoms with Crippen molar-refractivity contribution in [2.24, 2.45) is 5.84 Å². The number of hydrogen-bond acceptors (Lipinski definition) is 5. The Morgan fingerprint density at radius 1 is 1.53 bits per heavy atom. The summed E-state index contributed by atoms with van der Waals surface area (Å²) in [5.41, 5.74) is 4.62. The molecular weight excluding hydrogens is 260 g/mol. The molecule has 1 fully saturated rings. The minimum absolute atomic E-state index is 0.0139. The molecule has 1 aromatic rings. The van der Waals surface area contributed by atoms with Crippen LogP contribution < -0.4 is 11.3 Å². The Hall–Kier alpha value is -1.27. The second kappa shape index (κ2) is 6.25. The molecule has 0 radical (unpaired) electrons. The fourth-order valence-electron chi connectivity index (χ4n) is 2.31. The maximum atomic E-state index is 12.5. The number of nitrogens with two attached hydrogens (primary N) is 1. The Morgan fingerprint density at radius 2 is 2.21 bits per heavy atom. The van der Waals surface area contributed by atoms with Gasteiger partial charge in [0.1, 0.15) is 0 Å². The third kappa shape index (κ3) is 3.19. The highest BCUT2D eigenvalue weighted by Gasteiger charge is 2.24. The van der Waals surface area contributed by atoms with Crippen molar-refractivity contribution in [3.63, 3.8) is 0 Å². The molecule has 2 rings (SSSR count). The molecule has 1 aromatic heterocycles. The minimum atomic E-state index is 0.0139. The number of nitrogen functional groups attached to an aromatic ring is 1. The summed E-state index contributed by atoms with van der Waals surface area (Å²) in [6.45, 7) is 3.49. The Balaban J connectivity index is 2.12. The van der Waals surface area contributed by atoms with E-state index in [2.05, 4.69) is 16.7 Å². The lowest BCUT2D eigenvalue weighted by molar-refractivity contribution is 0.0728. The van der Waals surface area contributed by atoms with E-state index in [0.717, 1.165) is 31.6 Å². The molecule has 0 bridgehead atoms. The van der Waals surface area contributed by atoms with Gasteiger partial charge in [0.05, 0.1) is 11.3 Å². The van der Waals surface area contributed by atoms with Crippen LogP contribution in [0, 0.1) is 6.92 Å². The van der Waals surface area contributed by atoms with Crippen molar-refractivity contribution in [2.45, 2.75) is 25.0 Å². The first-order valence-electron chi connectivity index (χ1n) is 6.41. The van der Waals surface area contributed by atoms with Gasteiger partial charge in [-0.2, -0.15) is 11.8 Å². The number of anilines is 1. The topological polar surface area (TPSA) is 71.2 Å². The van der Waals surface area contributed by atoms with E-state index in [1.165, 1.54) is 0 Å². The molecule has 6 heteroatoms. The fraction of sp³-hybridized carbons (Fsp3) is 0.538. The van der Waals surface area contributed by atoms with Crippen LogP contribution in [-0.2, 0) is 0 Å². The number of carbonyl (C=O) groups is 1. The van der Waals surface area contributed by atoms with E-state index in [1.807, 2.05) is 23.6 Å². The monoisotopic (exact) mass is 280 g/mol. The molecule has 0 saturated carbocycles. The smallest absolute Gasteiger partial charge is 0.257 e. The van der Waals surface area contributed by atoms with Gasteiger partial charge in [-0.1, -0.05) is 0 Å². The van der Waals surface area contributed by atoms with Gasteiger partial charge in [0.25, 0.3) is 5.91 Å². The third-order valence-corrected chi connectivity index (χ3v) is 4.63. The number of thioether (sulfide) groups is 1. The number of carbonyl (C=O) groups excluding carboxylic acids is 1. The predicted molar refractivity (Wildman–Crippen MR) is 79.2 cm³/mol. The molecule has 0 unspecified atom stereocenters. The molecule has 2 heterocycles. The highest BCUT2D eigenvalue weighted by atomic mass is 32.2. The van der Waals surface area contributed by atoms with Gasteiger partial charge in [-0.15, -0.1) is 0 Å². The third-order valence-electron chi connectivity index (χ3n) is 3.49. The molecule has 0 atom stereocenters. The number of nitrogens with zero attached hydrogens (tertiary/aromatic N) is 2. The summed E-state index contributed by atoms with van der Waals surface area (Å²) in [4.78, 5) is 18.5. The SMILES string of the molecule is CSC1CCN(C(=O)c2cnc(C)cc2NN)CC1. The number of hydrazine groups is 1. The second-order valence-corrected chi connectivity index (χ2v) is 5.88. The summed E-state index contributed by atoms with van der Waals surface area (Å²) < 4.78 is 0. The van der Waals surface area contributed by atoms with E-state index in [9.17, 15) is 4.79 Å². The summed E-state index contributed by atoms with van der Waals surface area (Å²) in [5.74, 6) is 5.49. The van der Waals surface area contributed by atoms with Gasteiger partial charge in [-0.25, -0.2) is 0 Å². The number of aryl methyl sites for hydroxylation is 1. The van der Waals surface area contributed by atoms with Crippen LogP contribution in [0.2, 0.25) is 0 Å². The van der Waals surface area contributed by atoms with Gasteiger partial charge >= 0.3 is 0 Å². The van der Waals surface area contributed by atoms with E-state index >= 15 is 0 Å². The van der Waals surface area contributed by atoms with Gasteiger partial charge in [0.2, 0.25) is 0 Å². The molecule has 0 aromatic carbocycles. The number of hydrogen-bond donors (Lipinski definition) is 2. The second-order valence-electron chi connectivity index (χ2n) is 4.74. The first kappa shape index (κ1) is 14.1. The number of aromatic nitrogens is 1. The summed E-state index contributed by atoms with van der Waals surface area (Å²) in [6, 6.07) is 1.79. The van der Waals surface area contributed by atoms with Gasteiger partial charge in [0.15, 0.2) is 0 Å². The van der Waals surface area contributed by atoms with Crippen LogP contribution >= 0.6 is 11.8 Å². The number of amides is 1. The lowest BCUT2D eigenvalue weighted by Crippen LogP contribution is -2.39. The van der Waals surface area contributed by atoms with Crippen molar-refractivity contribution in [3.05, 3.63) is 23.5 Å². The van der Waals surface area contributed by atoms with Crippen molar-refractivity contribution in [1.82, 2.24) is 9.88 Å². The number of nitrogens with one attached hydrogen (secondary N) is 1. The summed E-state index contributed by atoms with van der Waals surface area (Å²) in [5, 5.41) is 0.673. The average Bonchev–Trinajstić information content (AvgIpc) is 2.46. The molecule has 19 heavy (non-hydrogen) atoms. The Bertz CT molecular complexity index is 458. The van der Waals surface area contributed by atoms with Crippen molar-refractivity contribution in [2.75, 3.05) is 24.8 Å². The number of likely N-dealkylation sites (tertiary alicyclic amines) is 1. The predicted octanol–water partition coefficient (Wildman–Crippen LogP) is 1.64. The van der Waals surface area contributed by atoms with Crippen LogP contribution in [0.25, 0.3) is 0 Å². The van der Waals surface area contributed by atoms with Gasteiger partial charge in [0, 0.05) is 30.2 Å². The molecule has 1 saturated heterocycles. The summed E-state index contributed by atoms with van der Waals surface area (Å²) in [6.07, 6.45) is 5.84. The first-order chi connectivity index (χ1) is 9.15. The van der Waals surface area contributed by atoms with Crippen LogP contribution in [0.4, 0.5) is 5.69 Å². The quantitative estimate of drug-likeness (QED) is 0.650. The van der Waals surface area contributed by atoms with E-state index < -0.39 is 0 Å². The molecular formula is C13H20N4OS. The maximum Gasteiger partial charge on any atom is 0.257 e. The van der Waals surface area contributed by atoms with Gasteiger partial charge < -0.3 is 10.3 Å². The maximum absolute atomic E-state index is 12.5. The zero-order chi connectivity index (χ0) is 13.8. The van der Waals surface area contributed by atoms with Crippen molar-refractivity contribution >= 4 is 23.4 Å². The normalized spacial score (nSPS) is 16.5. The average molecular weight is 280 g/mol. The van der Waals surface area contributed by atoms with Crippen LogP contribution in [0.5, 0.6) is 0 Å². The van der Waals surface area contributed by atoms with Crippen LogP contribution in [0.3, 0.4) is 0 Å². The molecule has 1 amide bonds. The molecule has 0 aliphatic carbocycles. The van der Waals surface area contributed by atoms with E-state index in [-0.39, 0.29) is 5.91 Å². The largest absolute Gasteiger partial charge is 0.338 e. The molecule has 1 aliphatic rings. The fourth-order valence-corrected chi connectivity index (χ4v) is 3.00. The summed E-state index contributed by atoms with van der Waals surface area (Å²) >= 11 is 1.88. The number of rotatable bonds is 3. The lowest BCUT2D eigenvalue weighted by atomic mass is 10.1. The summed E-state index contributed by atoms with van der Waals surface area (Å²) in [7, 11) is 0. The van der Waals surface area contributed by atoms with Crippen LogP contribution in [0.15, 0.2) is 12.3 Å². The van der Waals surface area contributed by atoms with E-state index in [1.54, 1.807) is 12.3 Å². The number of pyridine rings is 1. The minimum Gasteiger partial charge on any atom is -0.338 e. The highest BCUT2D eigenvalue weighted by Crippen LogP contribution is 2.24. The van der Waals surface area contributed by atoms with Crippen molar-refractivity contribution < 1.29 is 4.79 Å². The highest BCUT2D eigenvalue weighted by molar-refractivity contribution is 7.99. The van der Waals surface area contributed by atoms with E-state index in [0.29, 0.717) is 16.5 Å². The standard InChI is InChI=1S/C13H20N4OS/c1-9-7-12(16-14)11(8-15-9)13(18)17-5-3-10(19-2)4-6-17/h7-8,10H,3-6,14H2,1-2H3,(H,15,16). The first-order valence-corrected chi connectivity index (χ1v) is 7.70. The Labute approximate surface area is 117 Å². The molecule has 5 nitrogen and oxygen atoms in total. The number of piperidine rings is 1. The molecule has 1 aliphatic heterocycles. The molecule has 0 spiro atoms. The van der Waals surface area contributed by atoms with Crippen LogP contribution in [-0.4, -0.2) is 40.4 Å².